The highest BCUT2D eigenvalue weighted by atomic mass is 35.5. The summed E-state index contributed by atoms with van der Waals surface area (Å²) in [6, 6.07) is 6.91. The van der Waals surface area contributed by atoms with Crippen LogP contribution in [0.3, 0.4) is 0 Å². The molecule has 0 bridgehead atoms. The van der Waals surface area contributed by atoms with Crippen molar-refractivity contribution in [2.24, 2.45) is 0 Å². The molecule has 10 nitrogen and oxygen atoms in total. The first kappa shape index (κ1) is 21.7. The molecule has 32 heavy (non-hydrogen) atoms. The number of hydrogen-bond donors (Lipinski definition) is 1. The number of anilines is 1. The van der Waals surface area contributed by atoms with E-state index in [1.807, 2.05) is 23.6 Å². The monoisotopic (exact) mass is 455 g/mol. The smallest absolute Gasteiger partial charge is 0.407 e. The number of carbonyl (C=O) groups is 2. The molecule has 0 saturated carbocycles. The summed E-state index contributed by atoms with van der Waals surface area (Å²) < 4.78 is 2.00. The molecule has 0 aliphatic carbocycles. The maximum absolute atomic E-state index is 13.2. The van der Waals surface area contributed by atoms with Gasteiger partial charge in [0.05, 0.1) is 18.8 Å². The minimum atomic E-state index is -1.09. The molecule has 4 heterocycles. The molecule has 1 aliphatic heterocycles. The number of carbonyl (C=O) groups excluding carboxylic acids is 1. The Morgan fingerprint density at radius 1 is 1.28 bits per heavy atom. The second-order valence-corrected chi connectivity index (χ2v) is 7.94. The molecule has 0 atom stereocenters. The van der Waals surface area contributed by atoms with Crippen LogP contribution in [-0.2, 0) is 19.6 Å². The lowest BCUT2D eigenvalue weighted by atomic mass is 10.1. The van der Waals surface area contributed by atoms with Gasteiger partial charge < -0.3 is 14.6 Å². The molecule has 0 unspecified atom stereocenters. The van der Waals surface area contributed by atoms with E-state index in [1.165, 1.54) is 18.0 Å². The number of carboxylic acid groups (broad SMARTS) is 1. The predicted molar refractivity (Wildman–Crippen MR) is 118 cm³/mol. The van der Waals surface area contributed by atoms with E-state index in [1.54, 1.807) is 6.07 Å². The van der Waals surface area contributed by atoms with Crippen LogP contribution in [0.15, 0.2) is 24.3 Å². The number of aryl methyl sites for hydroxylation is 1. The second-order valence-electron chi connectivity index (χ2n) is 7.55. The summed E-state index contributed by atoms with van der Waals surface area (Å²) in [5.74, 6) is 1.64. The van der Waals surface area contributed by atoms with Crippen LogP contribution in [0.25, 0.3) is 11.5 Å². The Kier molecular flexibility index (Phi) is 5.79. The molecule has 166 valence electrons. The fourth-order valence-corrected chi connectivity index (χ4v) is 3.91. The Morgan fingerprint density at radius 3 is 2.78 bits per heavy atom. The first-order valence-corrected chi connectivity index (χ1v) is 10.5. The van der Waals surface area contributed by atoms with Crippen molar-refractivity contribution in [2.45, 2.75) is 39.9 Å². The van der Waals surface area contributed by atoms with Gasteiger partial charge in [-0.05, 0) is 31.5 Å². The molecule has 0 saturated heterocycles. The van der Waals surface area contributed by atoms with Crippen LogP contribution >= 0.6 is 11.6 Å². The molecular weight excluding hydrogens is 434 g/mol. The zero-order chi connectivity index (χ0) is 23.0. The lowest BCUT2D eigenvalue weighted by Crippen LogP contribution is -2.25. The van der Waals surface area contributed by atoms with Crippen LogP contribution in [0, 0.1) is 6.92 Å². The van der Waals surface area contributed by atoms with E-state index in [0.717, 1.165) is 23.7 Å². The number of halogens is 1. The summed E-state index contributed by atoms with van der Waals surface area (Å²) in [7, 11) is 1.44. The molecule has 0 aromatic carbocycles. The molecule has 11 heteroatoms. The summed E-state index contributed by atoms with van der Waals surface area (Å²) in [5.41, 5.74) is 2.10. The van der Waals surface area contributed by atoms with Crippen LogP contribution in [0.1, 0.15) is 40.8 Å². The van der Waals surface area contributed by atoms with Crippen molar-refractivity contribution >= 4 is 29.4 Å². The number of fused-ring (bicyclic) bond motifs is 1. The summed E-state index contributed by atoms with van der Waals surface area (Å²) in [5, 5.41) is 17.8. The summed E-state index contributed by atoms with van der Waals surface area (Å²) in [4.78, 5) is 36.0. The third-order valence-corrected chi connectivity index (χ3v) is 5.50. The van der Waals surface area contributed by atoms with Gasteiger partial charge in [-0.25, -0.2) is 14.8 Å². The van der Waals surface area contributed by atoms with Gasteiger partial charge in [0.25, 0.3) is 5.91 Å². The standard InChI is InChI=1S/C21H22ClN7O3/c1-4-8-28-12(2)25-26-19(28)15-6-5-7-18(24-15)29-10-14-13(20(29)30)9-17(22)23-16(14)11-27(3)21(31)32/h5-7,9H,4,8,10-11H2,1-3H3,(H,31,32). The van der Waals surface area contributed by atoms with E-state index in [9.17, 15) is 14.7 Å². The Morgan fingerprint density at radius 2 is 2.06 bits per heavy atom. The number of rotatable bonds is 6. The quantitative estimate of drug-likeness (QED) is 0.566. The minimum Gasteiger partial charge on any atom is -0.465 e. The third-order valence-electron chi connectivity index (χ3n) is 5.31. The van der Waals surface area contributed by atoms with Gasteiger partial charge in [0.1, 0.15) is 22.5 Å². The van der Waals surface area contributed by atoms with E-state index in [-0.39, 0.29) is 24.1 Å². The van der Waals surface area contributed by atoms with E-state index < -0.39 is 6.09 Å². The second kappa shape index (κ2) is 8.54. The zero-order valence-corrected chi connectivity index (χ0v) is 18.7. The fourth-order valence-electron chi connectivity index (χ4n) is 3.70. The largest absolute Gasteiger partial charge is 0.465 e. The topological polar surface area (TPSA) is 117 Å². The van der Waals surface area contributed by atoms with Crippen molar-refractivity contribution < 1.29 is 14.7 Å². The van der Waals surface area contributed by atoms with Crippen molar-refractivity contribution in [2.75, 3.05) is 11.9 Å². The van der Waals surface area contributed by atoms with Crippen molar-refractivity contribution in [3.05, 3.63) is 52.1 Å². The molecule has 0 spiro atoms. The van der Waals surface area contributed by atoms with Crippen LogP contribution in [0.2, 0.25) is 5.15 Å². The highest BCUT2D eigenvalue weighted by Crippen LogP contribution is 2.32. The highest BCUT2D eigenvalue weighted by Gasteiger charge is 2.33. The molecule has 2 amide bonds. The van der Waals surface area contributed by atoms with Crippen LogP contribution < -0.4 is 4.90 Å². The average Bonchev–Trinajstić information content (AvgIpc) is 3.29. The molecule has 3 aromatic heterocycles. The fraction of sp³-hybridized carbons (Fsp3) is 0.333. The lowest BCUT2D eigenvalue weighted by molar-refractivity contribution is 0.0996. The van der Waals surface area contributed by atoms with Crippen LogP contribution in [0.4, 0.5) is 10.6 Å². The molecular formula is C21H22ClN7O3. The summed E-state index contributed by atoms with van der Waals surface area (Å²) in [6.07, 6.45) is -0.171. The number of pyridine rings is 2. The van der Waals surface area contributed by atoms with Gasteiger partial charge in [0, 0.05) is 24.7 Å². The van der Waals surface area contributed by atoms with Crippen molar-refractivity contribution in [1.82, 2.24) is 29.6 Å². The lowest BCUT2D eigenvalue weighted by Gasteiger charge is -2.16. The first-order chi connectivity index (χ1) is 15.3. The molecule has 4 rings (SSSR count). The predicted octanol–water partition coefficient (Wildman–Crippen LogP) is 3.38. The molecule has 1 N–H and O–H groups in total. The van der Waals surface area contributed by atoms with Crippen LogP contribution in [0.5, 0.6) is 0 Å². The van der Waals surface area contributed by atoms with Crippen molar-refractivity contribution in [1.29, 1.82) is 0 Å². The Labute approximate surface area is 189 Å². The minimum absolute atomic E-state index is 0.0201. The normalized spacial score (nSPS) is 12.9. The SMILES string of the molecule is CCCn1c(C)nnc1-c1cccc(N2Cc3c(cc(Cl)nc3CN(C)C(=O)O)C2=O)n1. The molecule has 0 radical (unpaired) electrons. The van der Waals surface area contributed by atoms with E-state index in [0.29, 0.717) is 34.2 Å². The number of amides is 2. The first-order valence-electron chi connectivity index (χ1n) is 10.1. The number of aromatic nitrogens is 5. The van der Waals surface area contributed by atoms with Gasteiger partial charge in [-0.15, -0.1) is 10.2 Å². The van der Waals surface area contributed by atoms with Crippen molar-refractivity contribution in [3.8, 4) is 11.5 Å². The summed E-state index contributed by atoms with van der Waals surface area (Å²) in [6.45, 7) is 4.97. The maximum atomic E-state index is 13.2. The Balaban J connectivity index is 1.69. The molecule has 3 aromatic rings. The van der Waals surface area contributed by atoms with E-state index >= 15 is 0 Å². The van der Waals surface area contributed by atoms with Gasteiger partial charge in [-0.1, -0.05) is 24.6 Å². The van der Waals surface area contributed by atoms with Gasteiger partial charge in [0.2, 0.25) is 0 Å². The van der Waals surface area contributed by atoms with Gasteiger partial charge >= 0.3 is 6.09 Å². The molecule has 1 aliphatic rings. The Hall–Kier alpha value is -3.53. The summed E-state index contributed by atoms with van der Waals surface area (Å²) >= 11 is 6.12. The van der Waals surface area contributed by atoms with Gasteiger partial charge in [-0.3, -0.25) is 9.69 Å². The number of nitrogens with zero attached hydrogens (tertiary/aromatic N) is 7. The maximum Gasteiger partial charge on any atom is 0.407 e. The van der Waals surface area contributed by atoms with E-state index in [4.69, 9.17) is 11.6 Å². The van der Waals surface area contributed by atoms with Crippen molar-refractivity contribution in [3.63, 3.8) is 0 Å². The average molecular weight is 456 g/mol. The zero-order valence-electron chi connectivity index (χ0n) is 17.9. The third kappa shape index (κ3) is 3.89. The van der Waals surface area contributed by atoms with Gasteiger partial charge in [-0.2, -0.15) is 0 Å². The Bertz CT molecular complexity index is 1210. The highest BCUT2D eigenvalue weighted by molar-refractivity contribution is 6.30. The van der Waals surface area contributed by atoms with Gasteiger partial charge in [0.15, 0.2) is 5.82 Å². The van der Waals surface area contributed by atoms with Crippen LogP contribution in [-0.4, -0.2) is 53.8 Å². The molecule has 0 fully saturated rings. The number of hydrogen-bond acceptors (Lipinski definition) is 6. The van der Waals surface area contributed by atoms with E-state index in [2.05, 4.69) is 27.1 Å².